The Bertz CT molecular complexity index is 1200. The van der Waals surface area contributed by atoms with E-state index in [1.807, 2.05) is 21.1 Å². The van der Waals surface area contributed by atoms with E-state index in [1.54, 1.807) is 0 Å². The number of likely N-dealkylation sites (N-methyl/N-ethyl adjacent to an activating group) is 1. The van der Waals surface area contributed by atoms with Gasteiger partial charge in [-0.05, 0) is 70.6 Å². The Morgan fingerprint density at radius 2 is 0.831 bits per heavy atom. The number of nitrogens with zero attached hydrogens (tertiary/aromatic N) is 1. The van der Waals surface area contributed by atoms with Gasteiger partial charge in [-0.3, -0.25) is 14.2 Å². The molecular formula is C55H104NO8P. The van der Waals surface area contributed by atoms with E-state index >= 15 is 0 Å². The van der Waals surface area contributed by atoms with Crippen molar-refractivity contribution in [2.75, 3.05) is 47.5 Å². The summed E-state index contributed by atoms with van der Waals surface area (Å²) >= 11 is 0. The first kappa shape index (κ1) is 63.2. The summed E-state index contributed by atoms with van der Waals surface area (Å²) in [4.78, 5) is 37.7. The SMILES string of the molecule is CCCCCCC/C=C\C/C=C\CCCCCCCCCCCCCCCCCC(=O)OC(COC(=O)CCCCCCC/C=C\CCCCCCC)COP(=O)([O-])OCC[N+](C)(C)C. The van der Waals surface area contributed by atoms with Crippen LogP contribution in [-0.2, 0) is 32.7 Å². The van der Waals surface area contributed by atoms with Gasteiger partial charge in [0, 0.05) is 12.8 Å². The third-order valence-electron chi connectivity index (χ3n) is 11.9. The van der Waals surface area contributed by atoms with Gasteiger partial charge in [-0.25, -0.2) is 0 Å². The summed E-state index contributed by atoms with van der Waals surface area (Å²) in [6.07, 6.45) is 56.1. The summed E-state index contributed by atoms with van der Waals surface area (Å²) in [5, 5.41) is 0. The van der Waals surface area contributed by atoms with Crippen LogP contribution in [0.5, 0.6) is 0 Å². The van der Waals surface area contributed by atoms with E-state index in [0.717, 1.165) is 64.2 Å². The van der Waals surface area contributed by atoms with Gasteiger partial charge >= 0.3 is 11.9 Å². The standard InChI is InChI=1S/C55H104NO8P/c1-6-8-10-12-14-16-18-20-22-23-24-25-26-27-28-29-30-31-32-33-34-36-38-40-42-44-46-48-55(58)64-53(52-63-65(59,60)62-50-49-56(3,4)5)51-61-54(57)47-45-43-41-39-37-35-21-19-17-15-13-11-9-7-2/h18-21,23-24,53H,6-17,22,25-52H2,1-5H3/b20-18-,21-19-,24-23-. The zero-order valence-electron chi connectivity index (χ0n) is 43.2. The van der Waals surface area contributed by atoms with E-state index in [2.05, 4.69) is 50.3 Å². The quantitative estimate of drug-likeness (QED) is 0.0195. The fraction of sp³-hybridized carbons (Fsp3) is 0.855. The molecule has 0 saturated heterocycles. The molecule has 0 spiro atoms. The van der Waals surface area contributed by atoms with E-state index in [9.17, 15) is 19.0 Å². The normalized spacial score (nSPS) is 13.6. The maximum absolute atomic E-state index is 12.8. The lowest BCUT2D eigenvalue weighted by molar-refractivity contribution is -0.870. The van der Waals surface area contributed by atoms with Gasteiger partial charge in [0.1, 0.15) is 19.8 Å². The number of hydrogen-bond acceptors (Lipinski definition) is 8. The molecule has 0 amide bonds. The first-order valence-electron chi connectivity index (χ1n) is 27.2. The lowest BCUT2D eigenvalue weighted by atomic mass is 10.0. The predicted octanol–water partition coefficient (Wildman–Crippen LogP) is 15.8. The average molecular weight is 938 g/mol. The van der Waals surface area contributed by atoms with Crippen molar-refractivity contribution in [3.05, 3.63) is 36.5 Å². The number of rotatable bonds is 50. The number of quaternary nitrogens is 1. The lowest BCUT2D eigenvalue weighted by Crippen LogP contribution is -2.37. The highest BCUT2D eigenvalue weighted by Gasteiger charge is 2.21. The molecule has 0 radical (unpaired) electrons. The number of carbonyl (C=O) groups excluding carboxylic acids is 2. The van der Waals surface area contributed by atoms with Crippen LogP contribution in [0.3, 0.4) is 0 Å². The van der Waals surface area contributed by atoms with Crippen LogP contribution in [0.2, 0.25) is 0 Å². The molecule has 0 bridgehead atoms. The fourth-order valence-electron chi connectivity index (χ4n) is 7.62. The molecule has 2 atom stereocenters. The number of ether oxygens (including phenoxy) is 2. The van der Waals surface area contributed by atoms with Gasteiger partial charge in [-0.15, -0.1) is 0 Å². The van der Waals surface area contributed by atoms with Crippen LogP contribution in [0.4, 0.5) is 0 Å². The molecule has 0 saturated carbocycles. The molecule has 0 aromatic rings. The van der Waals surface area contributed by atoms with Crippen LogP contribution in [0.1, 0.15) is 251 Å². The number of phosphoric ester groups is 1. The molecule has 2 unspecified atom stereocenters. The molecule has 0 aliphatic heterocycles. The van der Waals surface area contributed by atoms with E-state index in [1.165, 1.54) is 154 Å². The maximum atomic E-state index is 12.8. The smallest absolute Gasteiger partial charge is 0.306 e. The average Bonchev–Trinajstić information content (AvgIpc) is 3.26. The van der Waals surface area contributed by atoms with Crippen molar-refractivity contribution in [2.45, 2.75) is 258 Å². The van der Waals surface area contributed by atoms with Crippen LogP contribution < -0.4 is 4.89 Å². The molecule has 0 rings (SSSR count). The van der Waals surface area contributed by atoms with Crippen molar-refractivity contribution in [1.82, 2.24) is 0 Å². The number of carbonyl (C=O) groups is 2. The number of allylic oxidation sites excluding steroid dienone is 6. The Balaban J connectivity index is 4.13. The van der Waals surface area contributed by atoms with Crippen molar-refractivity contribution < 1.29 is 42.1 Å². The van der Waals surface area contributed by atoms with Crippen LogP contribution in [0.15, 0.2) is 36.5 Å². The summed E-state index contributed by atoms with van der Waals surface area (Å²) in [6.45, 7) is 4.23. The van der Waals surface area contributed by atoms with Crippen molar-refractivity contribution in [2.24, 2.45) is 0 Å². The Kier molecular flexibility index (Phi) is 46.0. The van der Waals surface area contributed by atoms with E-state index < -0.39 is 26.5 Å². The third-order valence-corrected chi connectivity index (χ3v) is 12.8. The van der Waals surface area contributed by atoms with Crippen LogP contribution in [0, 0.1) is 0 Å². The van der Waals surface area contributed by atoms with Gasteiger partial charge in [0.25, 0.3) is 7.82 Å². The zero-order valence-corrected chi connectivity index (χ0v) is 44.1. The fourth-order valence-corrected chi connectivity index (χ4v) is 8.35. The topological polar surface area (TPSA) is 111 Å². The summed E-state index contributed by atoms with van der Waals surface area (Å²) in [5.74, 6) is -0.836. The molecule has 0 fully saturated rings. The highest BCUT2D eigenvalue weighted by atomic mass is 31.2. The molecule has 0 heterocycles. The minimum atomic E-state index is -4.63. The Morgan fingerprint density at radius 3 is 1.23 bits per heavy atom. The monoisotopic (exact) mass is 938 g/mol. The van der Waals surface area contributed by atoms with E-state index in [-0.39, 0.29) is 32.0 Å². The highest BCUT2D eigenvalue weighted by Crippen LogP contribution is 2.38. The molecule has 0 aliphatic carbocycles. The van der Waals surface area contributed by atoms with E-state index in [4.69, 9.17) is 18.5 Å². The molecule has 9 nitrogen and oxygen atoms in total. The predicted molar refractivity (Wildman–Crippen MR) is 273 cm³/mol. The van der Waals surface area contributed by atoms with Gasteiger partial charge in [-0.2, -0.15) is 0 Å². The van der Waals surface area contributed by atoms with Crippen LogP contribution in [-0.4, -0.2) is 70.0 Å². The molecule has 0 N–H and O–H groups in total. The summed E-state index contributed by atoms with van der Waals surface area (Å²) in [6, 6.07) is 0. The van der Waals surface area contributed by atoms with Crippen LogP contribution in [0.25, 0.3) is 0 Å². The number of unbranched alkanes of at least 4 members (excludes halogenated alkanes) is 30. The minimum Gasteiger partial charge on any atom is -0.756 e. The molecule has 0 aliphatic rings. The minimum absolute atomic E-state index is 0.0311. The van der Waals surface area contributed by atoms with Gasteiger partial charge < -0.3 is 27.9 Å². The number of phosphoric acid groups is 1. The molecular weight excluding hydrogens is 834 g/mol. The molecule has 0 aromatic carbocycles. The first-order chi connectivity index (χ1) is 31.5. The van der Waals surface area contributed by atoms with E-state index in [0.29, 0.717) is 17.4 Å². The molecule has 0 aromatic heterocycles. The second-order valence-corrected chi connectivity index (χ2v) is 21.0. The van der Waals surface area contributed by atoms with Gasteiger partial charge in [0.05, 0.1) is 27.7 Å². The van der Waals surface area contributed by atoms with Gasteiger partial charge in [0.15, 0.2) is 6.10 Å². The lowest BCUT2D eigenvalue weighted by Gasteiger charge is -2.28. The second kappa shape index (κ2) is 47.3. The number of hydrogen-bond donors (Lipinski definition) is 0. The molecule has 10 heteroatoms. The Hall–Kier alpha value is -1.77. The van der Waals surface area contributed by atoms with Crippen molar-refractivity contribution in [3.8, 4) is 0 Å². The van der Waals surface area contributed by atoms with Crippen LogP contribution >= 0.6 is 7.82 Å². The molecule has 382 valence electrons. The maximum Gasteiger partial charge on any atom is 0.306 e. The summed E-state index contributed by atoms with van der Waals surface area (Å²) in [7, 11) is 1.17. The van der Waals surface area contributed by atoms with Crippen molar-refractivity contribution >= 4 is 19.8 Å². The first-order valence-corrected chi connectivity index (χ1v) is 28.7. The Labute approximate surface area is 401 Å². The largest absolute Gasteiger partial charge is 0.756 e. The third kappa shape index (κ3) is 51.5. The number of esters is 2. The zero-order chi connectivity index (χ0) is 47.8. The Morgan fingerprint density at radius 1 is 0.477 bits per heavy atom. The van der Waals surface area contributed by atoms with Crippen molar-refractivity contribution in [3.63, 3.8) is 0 Å². The summed E-state index contributed by atoms with van der Waals surface area (Å²) < 4.78 is 34.1. The van der Waals surface area contributed by atoms with Crippen molar-refractivity contribution in [1.29, 1.82) is 0 Å². The van der Waals surface area contributed by atoms with Gasteiger partial charge in [-0.1, -0.05) is 204 Å². The van der Waals surface area contributed by atoms with Gasteiger partial charge in [0.2, 0.25) is 0 Å². The summed E-state index contributed by atoms with van der Waals surface area (Å²) in [5.41, 5.74) is 0. The highest BCUT2D eigenvalue weighted by molar-refractivity contribution is 7.45. The molecule has 65 heavy (non-hydrogen) atoms. The second-order valence-electron chi connectivity index (χ2n) is 19.6.